The summed E-state index contributed by atoms with van der Waals surface area (Å²) in [6.07, 6.45) is 4.93. The topological polar surface area (TPSA) is 59.3 Å². The number of nitrogens with zero attached hydrogens (tertiary/aromatic N) is 3. The molecule has 6 heteroatoms. The van der Waals surface area contributed by atoms with Crippen LogP contribution < -0.4 is 5.32 Å². The summed E-state index contributed by atoms with van der Waals surface area (Å²) in [7, 11) is 0. The van der Waals surface area contributed by atoms with Gasteiger partial charge in [-0.25, -0.2) is 14.4 Å². The average molecular weight is 270 g/mol. The number of aryl methyl sites for hydroxylation is 1. The first-order chi connectivity index (χ1) is 9.63. The van der Waals surface area contributed by atoms with Crippen molar-refractivity contribution in [3.63, 3.8) is 0 Å². The van der Waals surface area contributed by atoms with E-state index in [1.807, 2.05) is 13.1 Å². The van der Waals surface area contributed by atoms with Gasteiger partial charge in [-0.05, 0) is 31.2 Å². The number of carbonyl (C=O) groups is 1. The van der Waals surface area contributed by atoms with Gasteiger partial charge in [0.2, 0.25) is 0 Å². The third-order valence-corrected chi connectivity index (χ3v) is 2.80. The maximum atomic E-state index is 13.5. The van der Waals surface area contributed by atoms with Crippen LogP contribution in [0.4, 0.5) is 10.1 Å². The highest BCUT2D eigenvalue weighted by Gasteiger charge is 2.13. The number of imidazole rings is 1. The fourth-order valence-electron chi connectivity index (χ4n) is 1.94. The number of carbonyl (C=O) groups excluding carboxylic acids is 1. The Bertz CT molecular complexity index is 797. The van der Waals surface area contributed by atoms with Gasteiger partial charge in [0.25, 0.3) is 5.91 Å². The predicted octanol–water partition coefficient (Wildman–Crippen LogP) is 2.43. The molecule has 1 N–H and O–H groups in total. The summed E-state index contributed by atoms with van der Waals surface area (Å²) in [6, 6.07) is 6.12. The quantitative estimate of drug-likeness (QED) is 0.778. The molecule has 0 spiro atoms. The number of hydrogen-bond acceptors (Lipinski definition) is 3. The van der Waals surface area contributed by atoms with E-state index in [0.717, 1.165) is 11.3 Å². The van der Waals surface area contributed by atoms with Gasteiger partial charge in [0.1, 0.15) is 5.65 Å². The van der Waals surface area contributed by atoms with Crippen LogP contribution in [-0.4, -0.2) is 20.3 Å². The molecule has 3 rings (SSSR count). The Hall–Kier alpha value is -2.76. The second kappa shape index (κ2) is 4.73. The largest absolute Gasteiger partial charge is 0.319 e. The number of aromatic nitrogens is 3. The third-order valence-electron chi connectivity index (χ3n) is 2.80. The summed E-state index contributed by atoms with van der Waals surface area (Å²) in [5.41, 5.74) is 1.98. The molecule has 3 aromatic heterocycles. The highest BCUT2D eigenvalue weighted by molar-refractivity contribution is 6.02. The minimum absolute atomic E-state index is 0.227. The highest BCUT2D eigenvalue weighted by atomic mass is 19.1. The smallest absolute Gasteiger partial charge is 0.277 e. The van der Waals surface area contributed by atoms with E-state index < -0.39 is 11.7 Å². The number of halogens is 1. The molecule has 0 bridgehead atoms. The Morgan fingerprint density at radius 3 is 2.95 bits per heavy atom. The van der Waals surface area contributed by atoms with Crippen LogP contribution in [0.1, 0.15) is 16.2 Å². The molecule has 3 heterocycles. The van der Waals surface area contributed by atoms with Crippen LogP contribution in [-0.2, 0) is 0 Å². The highest BCUT2D eigenvalue weighted by Crippen LogP contribution is 2.13. The lowest BCUT2D eigenvalue weighted by atomic mass is 10.3. The maximum absolute atomic E-state index is 13.5. The standard InChI is InChI=1S/C14H11FN4O/c1-9-7-19-8-10(4-5-12(19)17-9)18-14(20)13-11(15)3-2-6-16-13/h2-8H,1H3,(H,18,20). The molecule has 3 aromatic rings. The monoisotopic (exact) mass is 270 g/mol. The van der Waals surface area contributed by atoms with Crippen LogP contribution in [0.2, 0.25) is 0 Å². The molecule has 0 fully saturated rings. The van der Waals surface area contributed by atoms with Crippen LogP contribution in [0.15, 0.2) is 42.9 Å². The lowest BCUT2D eigenvalue weighted by molar-refractivity contribution is 0.101. The van der Waals surface area contributed by atoms with Crippen molar-refractivity contribution in [2.24, 2.45) is 0 Å². The molecule has 0 saturated carbocycles. The van der Waals surface area contributed by atoms with E-state index in [1.54, 1.807) is 22.7 Å². The normalized spacial score (nSPS) is 10.7. The van der Waals surface area contributed by atoms with Crippen molar-refractivity contribution in [1.82, 2.24) is 14.4 Å². The maximum Gasteiger partial charge on any atom is 0.277 e. The summed E-state index contributed by atoms with van der Waals surface area (Å²) in [5, 5.41) is 2.61. The molecule has 20 heavy (non-hydrogen) atoms. The first kappa shape index (κ1) is 12.3. The van der Waals surface area contributed by atoms with E-state index in [0.29, 0.717) is 5.69 Å². The molecule has 0 unspecified atom stereocenters. The first-order valence-corrected chi connectivity index (χ1v) is 6.01. The van der Waals surface area contributed by atoms with Crippen LogP contribution >= 0.6 is 0 Å². The van der Waals surface area contributed by atoms with Gasteiger partial charge in [-0.2, -0.15) is 0 Å². The van der Waals surface area contributed by atoms with E-state index in [1.165, 1.54) is 18.3 Å². The van der Waals surface area contributed by atoms with E-state index in [2.05, 4.69) is 15.3 Å². The Labute approximate surface area is 114 Å². The second-order valence-corrected chi connectivity index (χ2v) is 4.35. The molecule has 0 aromatic carbocycles. The molecule has 0 saturated heterocycles. The number of amides is 1. The fourth-order valence-corrected chi connectivity index (χ4v) is 1.94. The molecule has 5 nitrogen and oxygen atoms in total. The fraction of sp³-hybridized carbons (Fsp3) is 0.0714. The van der Waals surface area contributed by atoms with Crippen molar-refractivity contribution in [2.75, 3.05) is 5.32 Å². The molecule has 0 atom stereocenters. The Kier molecular flexibility index (Phi) is 2.90. The minimum Gasteiger partial charge on any atom is -0.319 e. The zero-order valence-electron chi connectivity index (χ0n) is 10.7. The zero-order valence-corrected chi connectivity index (χ0v) is 10.7. The lowest BCUT2D eigenvalue weighted by Crippen LogP contribution is -2.15. The van der Waals surface area contributed by atoms with Crippen LogP contribution in [0.25, 0.3) is 5.65 Å². The Balaban J connectivity index is 1.89. The van der Waals surface area contributed by atoms with Gasteiger partial charge in [-0.1, -0.05) is 0 Å². The Morgan fingerprint density at radius 2 is 2.15 bits per heavy atom. The Morgan fingerprint density at radius 1 is 1.30 bits per heavy atom. The van der Waals surface area contributed by atoms with E-state index in [9.17, 15) is 9.18 Å². The molecule has 0 aliphatic rings. The lowest BCUT2D eigenvalue weighted by Gasteiger charge is -2.05. The van der Waals surface area contributed by atoms with Crippen LogP contribution in [0.3, 0.4) is 0 Å². The number of nitrogens with one attached hydrogen (secondary N) is 1. The van der Waals surface area contributed by atoms with Crippen molar-refractivity contribution in [2.45, 2.75) is 6.92 Å². The summed E-state index contributed by atoms with van der Waals surface area (Å²) in [4.78, 5) is 20.0. The van der Waals surface area contributed by atoms with Gasteiger partial charge in [-0.15, -0.1) is 0 Å². The van der Waals surface area contributed by atoms with Gasteiger partial charge in [-0.3, -0.25) is 4.79 Å². The van der Waals surface area contributed by atoms with E-state index in [-0.39, 0.29) is 5.69 Å². The average Bonchev–Trinajstić information content (AvgIpc) is 2.78. The number of fused-ring (bicyclic) bond motifs is 1. The number of hydrogen-bond donors (Lipinski definition) is 1. The minimum atomic E-state index is -0.649. The molecular weight excluding hydrogens is 259 g/mol. The van der Waals surface area contributed by atoms with Gasteiger partial charge in [0.05, 0.1) is 11.4 Å². The van der Waals surface area contributed by atoms with E-state index >= 15 is 0 Å². The molecule has 1 amide bonds. The number of pyridine rings is 2. The van der Waals surface area contributed by atoms with Gasteiger partial charge in [0.15, 0.2) is 11.5 Å². The summed E-state index contributed by atoms with van der Waals surface area (Å²) < 4.78 is 15.3. The summed E-state index contributed by atoms with van der Waals surface area (Å²) in [6.45, 7) is 1.88. The van der Waals surface area contributed by atoms with Gasteiger partial charge < -0.3 is 9.72 Å². The molecule has 0 radical (unpaired) electrons. The molecule has 0 aliphatic carbocycles. The van der Waals surface area contributed by atoms with Gasteiger partial charge >= 0.3 is 0 Å². The zero-order chi connectivity index (χ0) is 14.1. The molecule has 0 aliphatic heterocycles. The molecule has 100 valence electrons. The van der Waals surface area contributed by atoms with Crippen molar-refractivity contribution < 1.29 is 9.18 Å². The SMILES string of the molecule is Cc1cn2cc(NC(=O)c3ncccc3F)ccc2n1. The van der Waals surface area contributed by atoms with Crippen LogP contribution in [0, 0.1) is 12.7 Å². The second-order valence-electron chi connectivity index (χ2n) is 4.35. The van der Waals surface area contributed by atoms with Crippen molar-refractivity contribution in [1.29, 1.82) is 0 Å². The van der Waals surface area contributed by atoms with Crippen molar-refractivity contribution in [3.05, 3.63) is 60.1 Å². The van der Waals surface area contributed by atoms with E-state index in [4.69, 9.17) is 0 Å². The predicted molar refractivity (Wildman–Crippen MR) is 72.1 cm³/mol. The molecular formula is C14H11FN4O. The number of anilines is 1. The van der Waals surface area contributed by atoms with Gasteiger partial charge in [0, 0.05) is 18.6 Å². The van der Waals surface area contributed by atoms with Crippen LogP contribution in [0.5, 0.6) is 0 Å². The third kappa shape index (κ3) is 2.23. The first-order valence-electron chi connectivity index (χ1n) is 6.01. The van der Waals surface area contributed by atoms with Crippen molar-refractivity contribution in [3.8, 4) is 0 Å². The summed E-state index contributed by atoms with van der Waals surface area (Å²) >= 11 is 0. The number of rotatable bonds is 2. The summed E-state index contributed by atoms with van der Waals surface area (Å²) in [5.74, 6) is -1.23. The van der Waals surface area contributed by atoms with Crippen molar-refractivity contribution >= 4 is 17.2 Å².